The van der Waals surface area contributed by atoms with Crippen molar-refractivity contribution < 1.29 is 19.4 Å². The van der Waals surface area contributed by atoms with Crippen LogP contribution in [0.4, 0.5) is 0 Å². The van der Waals surface area contributed by atoms with Crippen molar-refractivity contribution in [3.05, 3.63) is 22.4 Å². The van der Waals surface area contributed by atoms with Crippen molar-refractivity contribution >= 4 is 27.8 Å². The molecule has 19 heavy (non-hydrogen) atoms. The molecule has 1 aliphatic heterocycles. The van der Waals surface area contributed by atoms with Crippen LogP contribution in [0.25, 0.3) is 0 Å². The van der Waals surface area contributed by atoms with Crippen LogP contribution in [0.5, 0.6) is 0 Å². The van der Waals surface area contributed by atoms with Gasteiger partial charge >= 0.3 is 5.97 Å². The van der Waals surface area contributed by atoms with Crippen molar-refractivity contribution in [1.29, 1.82) is 0 Å². The third kappa shape index (κ3) is 2.82. The highest BCUT2D eigenvalue weighted by atomic mass is 79.9. The van der Waals surface area contributed by atoms with E-state index in [0.29, 0.717) is 12.2 Å². The molecule has 0 aliphatic carbocycles. The van der Waals surface area contributed by atoms with Crippen LogP contribution < -0.4 is 0 Å². The SMILES string of the molecule is CCN(C(=O)c1cc(Br)c[nH]1)C1COCC1C(=O)O. The van der Waals surface area contributed by atoms with E-state index in [1.165, 1.54) is 0 Å². The summed E-state index contributed by atoms with van der Waals surface area (Å²) in [6, 6.07) is 1.26. The lowest BCUT2D eigenvalue weighted by molar-refractivity contribution is -0.142. The molecule has 0 radical (unpaired) electrons. The second-order valence-electron chi connectivity index (χ2n) is 4.37. The zero-order chi connectivity index (χ0) is 14.0. The van der Waals surface area contributed by atoms with Gasteiger partial charge < -0.3 is 19.7 Å². The number of ether oxygens (including phenoxy) is 1. The number of likely N-dealkylation sites (N-methyl/N-ethyl adjacent to an activating group) is 1. The van der Waals surface area contributed by atoms with E-state index < -0.39 is 17.9 Å². The number of nitrogens with one attached hydrogen (secondary N) is 1. The summed E-state index contributed by atoms with van der Waals surface area (Å²) < 4.78 is 5.99. The predicted octanol–water partition coefficient (Wildman–Crippen LogP) is 1.34. The summed E-state index contributed by atoms with van der Waals surface area (Å²) in [6.07, 6.45) is 1.67. The first-order valence-corrected chi connectivity index (χ1v) is 6.79. The number of amides is 1. The maximum atomic E-state index is 12.4. The number of carbonyl (C=O) groups excluding carboxylic acids is 1. The van der Waals surface area contributed by atoms with E-state index in [9.17, 15) is 9.59 Å². The van der Waals surface area contributed by atoms with E-state index in [0.717, 1.165) is 4.47 Å². The molecule has 1 aromatic heterocycles. The van der Waals surface area contributed by atoms with Crippen LogP contribution in [-0.2, 0) is 9.53 Å². The molecule has 0 bridgehead atoms. The average Bonchev–Trinajstić information content (AvgIpc) is 2.98. The molecule has 1 amide bonds. The fourth-order valence-corrected chi connectivity index (χ4v) is 2.60. The highest BCUT2D eigenvalue weighted by Gasteiger charge is 2.39. The van der Waals surface area contributed by atoms with Crippen LogP contribution in [0.3, 0.4) is 0 Å². The number of aromatic nitrogens is 1. The van der Waals surface area contributed by atoms with Crippen molar-refractivity contribution in [2.24, 2.45) is 5.92 Å². The van der Waals surface area contributed by atoms with Gasteiger partial charge in [-0.25, -0.2) is 0 Å². The van der Waals surface area contributed by atoms with Gasteiger partial charge in [0.05, 0.1) is 19.3 Å². The van der Waals surface area contributed by atoms with Crippen molar-refractivity contribution in [3.63, 3.8) is 0 Å². The number of carbonyl (C=O) groups is 2. The smallest absolute Gasteiger partial charge is 0.311 e. The molecular formula is C12H15BrN2O4. The van der Waals surface area contributed by atoms with E-state index in [4.69, 9.17) is 9.84 Å². The van der Waals surface area contributed by atoms with Gasteiger partial charge in [0.2, 0.25) is 0 Å². The molecule has 7 heteroatoms. The molecule has 2 rings (SSSR count). The summed E-state index contributed by atoms with van der Waals surface area (Å²) in [4.78, 5) is 27.9. The van der Waals surface area contributed by atoms with E-state index in [2.05, 4.69) is 20.9 Å². The molecule has 104 valence electrons. The highest BCUT2D eigenvalue weighted by molar-refractivity contribution is 9.10. The number of rotatable bonds is 4. The molecule has 1 fully saturated rings. The summed E-state index contributed by atoms with van der Waals surface area (Å²) in [6.45, 7) is 2.68. The minimum atomic E-state index is -0.929. The van der Waals surface area contributed by atoms with Crippen molar-refractivity contribution in [1.82, 2.24) is 9.88 Å². The van der Waals surface area contributed by atoms with Gasteiger partial charge in [-0.1, -0.05) is 0 Å². The fourth-order valence-electron chi connectivity index (χ4n) is 2.26. The summed E-state index contributed by atoms with van der Waals surface area (Å²) in [5, 5.41) is 9.15. The average molecular weight is 331 g/mol. The minimum absolute atomic E-state index is 0.151. The standard InChI is InChI=1S/C12H15BrN2O4/c1-2-15(10-6-19-5-8(10)12(17)18)11(16)9-3-7(13)4-14-9/h3-4,8,10,14H,2,5-6H2,1H3,(H,17,18). The summed E-state index contributed by atoms with van der Waals surface area (Å²) >= 11 is 3.27. The third-order valence-corrected chi connectivity index (χ3v) is 3.71. The monoisotopic (exact) mass is 330 g/mol. The second kappa shape index (κ2) is 5.75. The Hall–Kier alpha value is -1.34. The quantitative estimate of drug-likeness (QED) is 0.872. The number of aromatic amines is 1. The number of aliphatic carboxylic acids is 1. The van der Waals surface area contributed by atoms with Crippen molar-refractivity contribution in [2.45, 2.75) is 13.0 Å². The van der Waals surface area contributed by atoms with Gasteiger partial charge in [0.15, 0.2) is 0 Å². The van der Waals surface area contributed by atoms with Crippen LogP contribution in [0.15, 0.2) is 16.7 Å². The molecule has 2 heterocycles. The van der Waals surface area contributed by atoms with Crippen LogP contribution >= 0.6 is 15.9 Å². The Morgan fingerprint density at radius 2 is 2.32 bits per heavy atom. The van der Waals surface area contributed by atoms with Gasteiger partial charge in [0, 0.05) is 17.2 Å². The van der Waals surface area contributed by atoms with Gasteiger partial charge in [-0.3, -0.25) is 9.59 Å². The first-order valence-electron chi connectivity index (χ1n) is 6.00. The summed E-state index contributed by atoms with van der Waals surface area (Å²) in [5.41, 5.74) is 0.435. The number of hydrogen-bond acceptors (Lipinski definition) is 3. The van der Waals surface area contributed by atoms with Gasteiger partial charge in [-0.2, -0.15) is 0 Å². The Bertz CT molecular complexity index is 488. The van der Waals surface area contributed by atoms with E-state index >= 15 is 0 Å². The second-order valence-corrected chi connectivity index (χ2v) is 5.29. The summed E-state index contributed by atoms with van der Waals surface area (Å²) in [5.74, 6) is -1.81. The maximum absolute atomic E-state index is 12.4. The van der Waals surface area contributed by atoms with E-state index in [1.54, 1.807) is 17.2 Å². The molecular weight excluding hydrogens is 316 g/mol. The Morgan fingerprint density at radius 1 is 1.58 bits per heavy atom. The van der Waals surface area contributed by atoms with Crippen LogP contribution in [-0.4, -0.2) is 52.7 Å². The lowest BCUT2D eigenvalue weighted by Gasteiger charge is -2.28. The predicted molar refractivity (Wildman–Crippen MR) is 70.9 cm³/mol. The number of carboxylic acids is 1. The summed E-state index contributed by atoms with van der Waals surface area (Å²) in [7, 11) is 0. The van der Waals surface area contributed by atoms with Crippen LogP contribution in [0, 0.1) is 5.92 Å². The van der Waals surface area contributed by atoms with Gasteiger partial charge in [0.1, 0.15) is 11.6 Å². The molecule has 6 nitrogen and oxygen atoms in total. The third-order valence-electron chi connectivity index (χ3n) is 3.25. The first kappa shape index (κ1) is 14.1. The molecule has 2 atom stereocenters. The Kier molecular flexibility index (Phi) is 4.26. The number of carboxylic acid groups (broad SMARTS) is 1. The minimum Gasteiger partial charge on any atom is -0.481 e. The van der Waals surface area contributed by atoms with E-state index in [-0.39, 0.29) is 19.1 Å². The molecule has 0 saturated carbocycles. The first-order chi connectivity index (χ1) is 9.04. The van der Waals surface area contributed by atoms with Crippen LogP contribution in [0.2, 0.25) is 0 Å². The molecule has 2 N–H and O–H groups in total. The van der Waals surface area contributed by atoms with Crippen molar-refractivity contribution in [2.75, 3.05) is 19.8 Å². The Balaban J connectivity index is 2.20. The van der Waals surface area contributed by atoms with Gasteiger partial charge in [-0.15, -0.1) is 0 Å². The van der Waals surface area contributed by atoms with Crippen molar-refractivity contribution in [3.8, 4) is 0 Å². The number of nitrogens with zero attached hydrogens (tertiary/aromatic N) is 1. The maximum Gasteiger partial charge on any atom is 0.311 e. The lowest BCUT2D eigenvalue weighted by Crippen LogP contribution is -2.46. The molecule has 0 spiro atoms. The number of hydrogen-bond donors (Lipinski definition) is 2. The van der Waals surface area contributed by atoms with Gasteiger partial charge in [0.25, 0.3) is 5.91 Å². The Labute approximate surface area is 118 Å². The topological polar surface area (TPSA) is 82.6 Å². The van der Waals surface area contributed by atoms with E-state index in [1.807, 2.05) is 6.92 Å². The zero-order valence-electron chi connectivity index (χ0n) is 10.4. The number of halogens is 1. The normalized spacial score (nSPS) is 22.4. The Morgan fingerprint density at radius 3 is 2.84 bits per heavy atom. The van der Waals surface area contributed by atoms with Crippen LogP contribution in [0.1, 0.15) is 17.4 Å². The lowest BCUT2D eigenvalue weighted by atomic mass is 10.0. The molecule has 1 saturated heterocycles. The number of H-pyrrole nitrogens is 1. The molecule has 2 unspecified atom stereocenters. The zero-order valence-corrected chi connectivity index (χ0v) is 12.0. The largest absolute Gasteiger partial charge is 0.481 e. The highest BCUT2D eigenvalue weighted by Crippen LogP contribution is 2.22. The fraction of sp³-hybridized carbons (Fsp3) is 0.500. The molecule has 1 aromatic rings. The molecule has 1 aliphatic rings. The molecule has 0 aromatic carbocycles. The van der Waals surface area contributed by atoms with Gasteiger partial charge in [-0.05, 0) is 28.9 Å².